The van der Waals surface area contributed by atoms with Crippen molar-refractivity contribution in [3.63, 3.8) is 0 Å². The molecule has 1 aromatic carbocycles. The second-order valence-corrected chi connectivity index (χ2v) is 5.84. The van der Waals surface area contributed by atoms with E-state index >= 15 is 0 Å². The van der Waals surface area contributed by atoms with Crippen molar-refractivity contribution >= 4 is 12.1 Å². The molecule has 0 saturated carbocycles. The average Bonchev–Trinajstić information content (AvgIpc) is 2.64. The van der Waals surface area contributed by atoms with E-state index in [1.54, 1.807) is 11.9 Å². The van der Waals surface area contributed by atoms with Crippen molar-refractivity contribution in [1.82, 2.24) is 15.1 Å². The molecule has 1 fully saturated rings. The van der Waals surface area contributed by atoms with Crippen molar-refractivity contribution in [3.8, 4) is 5.75 Å². The maximum Gasteiger partial charge on any atom is 0.409 e. The summed E-state index contributed by atoms with van der Waals surface area (Å²) in [7, 11) is 1.77. The fraction of sp³-hybridized carbons (Fsp3) is 0.556. The van der Waals surface area contributed by atoms with Crippen LogP contribution in [0.25, 0.3) is 0 Å². The maximum absolute atomic E-state index is 11.8. The van der Waals surface area contributed by atoms with Gasteiger partial charge in [-0.15, -0.1) is 0 Å². The van der Waals surface area contributed by atoms with Gasteiger partial charge in [-0.05, 0) is 26.0 Å². The lowest BCUT2D eigenvalue weighted by atomic mass is 10.3. The number of hydrogen-bond acceptors (Lipinski definition) is 4. The predicted octanol–water partition coefficient (Wildman–Crippen LogP) is 1.80. The van der Waals surface area contributed by atoms with E-state index < -0.39 is 0 Å². The second kappa shape index (κ2) is 9.76. The minimum Gasteiger partial charge on any atom is -0.489 e. The third-order valence-corrected chi connectivity index (χ3v) is 3.95. The number of para-hydroxylation sites is 1. The minimum absolute atomic E-state index is 0.0139. The topological polar surface area (TPSA) is 66.4 Å². The van der Waals surface area contributed by atoms with Gasteiger partial charge < -0.3 is 24.6 Å². The Hall–Kier alpha value is -2.44. The predicted molar refractivity (Wildman–Crippen MR) is 98.1 cm³/mol. The average molecular weight is 348 g/mol. The van der Waals surface area contributed by atoms with Crippen LogP contribution in [0.1, 0.15) is 13.8 Å². The molecule has 1 heterocycles. The van der Waals surface area contributed by atoms with Crippen molar-refractivity contribution in [2.45, 2.75) is 20.0 Å². The highest BCUT2D eigenvalue weighted by Crippen LogP contribution is 2.10. The van der Waals surface area contributed by atoms with Gasteiger partial charge in [0.1, 0.15) is 11.9 Å². The van der Waals surface area contributed by atoms with Gasteiger partial charge in [0.25, 0.3) is 0 Å². The van der Waals surface area contributed by atoms with E-state index in [1.807, 2.05) is 44.2 Å². The summed E-state index contributed by atoms with van der Waals surface area (Å²) in [6.07, 6.45) is -0.227. The molecule has 1 saturated heterocycles. The number of nitrogens with one attached hydrogen (secondary N) is 1. The van der Waals surface area contributed by atoms with Gasteiger partial charge >= 0.3 is 6.09 Å². The SMILES string of the molecule is CCOC(=O)N1CCN(C(=NC)NCC(C)Oc2ccccc2)CC1. The lowest BCUT2D eigenvalue weighted by Crippen LogP contribution is -2.54. The fourth-order valence-corrected chi connectivity index (χ4v) is 2.66. The van der Waals surface area contributed by atoms with Gasteiger partial charge in [-0.1, -0.05) is 18.2 Å². The molecule has 1 unspecified atom stereocenters. The van der Waals surface area contributed by atoms with Gasteiger partial charge in [0.05, 0.1) is 13.2 Å². The summed E-state index contributed by atoms with van der Waals surface area (Å²) in [5.74, 6) is 1.68. The Morgan fingerprint density at radius 3 is 2.44 bits per heavy atom. The Labute approximate surface area is 149 Å². The van der Waals surface area contributed by atoms with Crippen LogP contribution in [-0.2, 0) is 4.74 Å². The van der Waals surface area contributed by atoms with Crippen molar-refractivity contribution in [2.24, 2.45) is 4.99 Å². The molecule has 0 bridgehead atoms. The van der Waals surface area contributed by atoms with Crippen LogP contribution in [0.3, 0.4) is 0 Å². The number of carbonyl (C=O) groups is 1. The molecule has 1 aliphatic rings. The zero-order chi connectivity index (χ0) is 18.1. The summed E-state index contributed by atoms with van der Waals surface area (Å²) < 4.78 is 10.9. The van der Waals surface area contributed by atoms with Crippen molar-refractivity contribution < 1.29 is 14.3 Å². The molecule has 0 aliphatic carbocycles. The molecule has 1 aliphatic heterocycles. The Morgan fingerprint density at radius 1 is 1.20 bits per heavy atom. The van der Waals surface area contributed by atoms with E-state index in [9.17, 15) is 4.79 Å². The molecule has 138 valence electrons. The van der Waals surface area contributed by atoms with Crippen LogP contribution in [0.5, 0.6) is 5.75 Å². The van der Waals surface area contributed by atoms with E-state index in [4.69, 9.17) is 9.47 Å². The first-order valence-corrected chi connectivity index (χ1v) is 8.73. The van der Waals surface area contributed by atoms with Gasteiger partial charge in [0.2, 0.25) is 0 Å². The quantitative estimate of drug-likeness (QED) is 0.649. The number of amides is 1. The first kappa shape index (κ1) is 18.9. The van der Waals surface area contributed by atoms with Crippen LogP contribution in [-0.4, -0.2) is 74.3 Å². The lowest BCUT2D eigenvalue weighted by molar-refractivity contribution is 0.0913. The third-order valence-electron chi connectivity index (χ3n) is 3.95. The number of piperazine rings is 1. The second-order valence-electron chi connectivity index (χ2n) is 5.84. The number of carbonyl (C=O) groups excluding carboxylic acids is 1. The number of ether oxygens (including phenoxy) is 2. The number of nitrogens with zero attached hydrogens (tertiary/aromatic N) is 3. The highest BCUT2D eigenvalue weighted by atomic mass is 16.6. The number of guanidine groups is 1. The van der Waals surface area contributed by atoms with Crippen LogP contribution < -0.4 is 10.1 Å². The maximum atomic E-state index is 11.8. The Balaban J connectivity index is 1.76. The Kier molecular flexibility index (Phi) is 7.37. The first-order valence-electron chi connectivity index (χ1n) is 8.73. The van der Waals surface area contributed by atoms with Crippen LogP contribution in [0.2, 0.25) is 0 Å². The molecule has 1 N–H and O–H groups in total. The molecule has 0 aromatic heterocycles. The standard InChI is InChI=1S/C18H28N4O3/c1-4-24-18(23)22-12-10-21(11-13-22)17(19-3)20-14-15(2)25-16-8-6-5-7-9-16/h5-9,15H,4,10-14H2,1-3H3,(H,19,20). The number of rotatable bonds is 5. The van der Waals surface area contributed by atoms with E-state index in [0.717, 1.165) is 24.8 Å². The summed E-state index contributed by atoms with van der Waals surface area (Å²) >= 11 is 0. The highest BCUT2D eigenvalue weighted by Gasteiger charge is 2.23. The summed E-state index contributed by atoms with van der Waals surface area (Å²) in [6, 6.07) is 9.77. The molecule has 7 nitrogen and oxygen atoms in total. The van der Waals surface area contributed by atoms with Crippen LogP contribution in [0.4, 0.5) is 4.79 Å². The van der Waals surface area contributed by atoms with Crippen LogP contribution >= 0.6 is 0 Å². The molecule has 0 radical (unpaired) electrons. The number of hydrogen-bond donors (Lipinski definition) is 1. The lowest BCUT2D eigenvalue weighted by Gasteiger charge is -2.36. The van der Waals surface area contributed by atoms with Crippen molar-refractivity contribution in [3.05, 3.63) is 30.3 Å². The zero-order valence-corrected chi connectivity index (χ0v) is 15.3. The molecule has 25 heavy (non-hydrogen) atoms. The Morgan fingerprint density at radius 2 is 1.84 bits per heavy atom. The molecular formula is C18H28N4O3. The van der Waals surface area contributed by atoms with E-state index in [1.165, 1.54) is 0 Å². The minimum atomic E-state index is -0.241. The summed E-state index contributed by atoms with van der Waals surface area (Å²) in [6.45, 7) is 7.62. The Bertz CT molecular complexity index is 557. The molecule has 1 atom stereocenters. The largest absolute Gasteiger partial charge is 0.489 e. The van der Waals surface area contributed by atoms with Gasteiger partial charge in [-0.3, -0.25) is 4.99 Å². The summed E-state index contributed by atoms with van der Waals surface area (Å²) in [5.41, 5.74) is 0. The monoisotopic (exact) mass is 348 g/mol. The zero-order valence-electron chi connectivity index (χ0n) is 15.3. The summed E-state index contributed by atoms with van der Waals surface area (Å²) in [5, 5.41) is 3.34. The van der Waals surface area contributed by atoms with Gasteiger partial charge in [0, 0.05) is 33.2 Å². The highest BCUT2D eigenvalue weighted by molar-refractivity contribution is 5.80. The third kappa shape index (κ3) is 5.85. The smallest absolute Gasteiger partial charge is 0.409 e. The first-order chi connectivity index (χ1) is 12.1. The number of aliphatic imine (C=N–C) groups is 1. The van der Waals surface area contributed by atoms with Crippen molar-refractivity contribution in [1.29, 1.82) is 0 Å². The normalized spacial score (nSPS) is 16.4. The van der Waals surface area contributed by atoms with E-state index in [0.29, 0.717) is 26.2 Å². The molecule has 0 spiro atoms. The molecular weight excluding hydrogens is 320 g/mol. The van der Waals surface area contributed by atoms with Crippen LogP contribution in [0, 0.1) is 0 Å². The molecule has 2 rings (SSSR count). The summed E-state index contributed by atoms with van der Waals surface area (Å²) in [4.78, 5) is 20.0. The van der Waals surface area contributed by atoms with Gasteiger partial charge in [-0.25, -0.2) is 4.79 Å². The number of benzene rings is 1. The molecule has 7 heteroatoms. The van der Waals surface area contributed by atoms with Gasteiger partial charge in [0.15, 0.2) is 5.96 Å². The van der Waals surface area contributed by atoms with E-state index in [-0.39, 0.29) is 12.2 Å². The molecule has 1 aromatic rings. The van der Waals surface area contributed by atoms with E-state index in [2.05, 4.69) is 15.2 Å². The fourth-order valence-electron chi connectivity index (χ4n) is 2.66. The van der Waals surface area contributed by atoms with Gasteiger partial charge in [-0.2, -0.15) is 0 Å². The molecule has 1 amide bonds. The van der Waals surface area contributed by atoms with Crippen molar-refractivity contribution in [2.75, 3.05) is 46.4 Å². The van der Waals surface area contributed by atoms with Crippen LogP contribution in [0.15, 0.2) is 35.3 Å².